The van der Waals surface area contributed by atoms with Crippen molar-refractivity contribution >= 4 is 5.91 Å². The Morgan fingerprint density at radius 1 is 1.07 bits per heavy atom. The van der Waals surface area contributed by atoms with Gasteiger partial charge >= 0.3 is 0 Å². The smallest absolute Gasteiger partial charge is 0.251 e. The summed E-state index contributed by atoms with van der Waals surface area (Å²) in [6.07, 6.45) is 1.76. The predicted molar refractivity (Wildman–Crippen MR) is 104 cm³/mol. The molecule has 0 radical (unpaired) electrons. The molecule has 0 aliphatic rings. The van der Waals surface area contributed by atoms with Crippen LogP contribution in [0, 0.1) is 0 Å². The number of hydrogen-bond acceptors (Lipinski definition) is 5. The van der Waals surface area contributed by atoms with Crippen LogP contribution in [-0.4, -0.2) is 25.8 Å². The quantitative estimate of drug-likeness (QED) is 0.577. The molecule has 4 aromatic rings. The average molecular weight is 373 g/mol. The molecular formula is C21H19N5O2. The molecule has 2 aromatic heterocycles. The van der Waals surface area contributed by atoms with E-state index in [1.165, 1.54) is 0 Å². The zero-order valence-corrected chi connectivity index (χ0v) is 15.5. The van der Waals surface area contributed by atoms with Crippen molar-refractivity contribution in [2.75, 3.05) is 0 Å². The van der Waals surface area contributed by atoms with E-state index >= 15 is 0 Å². The van der Waals surface area contributed by atoms with Crippen molar-refractivity contribution in [2.45, 2.75) is 13.0 Å². The minimum Gasteiger partial charge on any atom is -0.341 e. The number of rotatable bonds is 5. The van der Waals surface area contributed by atoms with Crippen LogP contribution >= 0.6 is 0 Å². The predicted octanol–water partition coefficient (Wildman–Crippen LogP) is 3.63. The molecule has 0 spiro atoms. The highest BCUT2D eigenvalue weighted by Crippen LogP contribution is 2.25. The number of carbonyl (C=O) groups is 1. The summed E-state index contributed by atoms with van der Waals surface area (Å²) in [4.78, 5) is 16.8. The van der Waals surface area contributed by atoms with Gasteiger partial charge in [0, 0.05) is 29.9 Å². The van der Waals surface area contributed by atoms with Crippen molar-refractivity contribution in [1.29, 1.82) is 0 Å². The molecule has 0 aliphatic carbocycles. The zero-order chi connectivity index (χ0) is 19.5. The number of aryl methyl sites for hydroxylation is 1. The summed E-state index contributed by atoms with van der Waals surface area (Å²) in [5.41, 5.74) is 3.41. The highest BCUT2D eigenvalue weighted by molar-refractivity contribution is 5.94. The lowest BCUT2D eigenvalue weighted by Gasteiger charge is -2.09. The van der Waals surface area contributed by atoms with Gasteiger partial charge in [-0.1, -0.05) is 41.6 Å². The van der Waals surface area contributed by atoms with Gasteiger partial charge in [-0.3, -0.25) is 9.48 Å². The third-order valence-electron chi connectivity index (χ3n) is 4.43. The van der Waals surface area contributed by atoms with Crippen LogP contribution in [0.3, 0.4) is 0 Å². The number of amides is 1. The first-order chi connectivity index (χ1) is 13.6. The van der Waals surface area contributed by atoms with Crippen LogP contribution in [0.4, 0.5) is 0 Å². The van der Waals surface area contributed by atoms with Crippen LogP contribution < -0.4 is 5.32 Å². The number of carbonyl (C=O) groups excluding carboxylic acids is 1. The lowest BCUT2D eigenvalue weighted by atomic mass is 10.1. The highest BCUT2D eigenvalue weighted by Gasteiger charge is 2.18. The molecule has 0 saturated heterocycles. The second kappa shape index (κ2) is 7.48. The van der Waals surface area contributed by atoms with E-state index in [1.807, 2.05) is 67.2 Å². The Labute approximate surface area is 162 Å². The summed E-state index contributed by atoms with van der Waals surface area (Å²) < 4.78 is 7.19. The van der Waals surface area contributed by atoms with E-state index in [-0.39, 0.29) is 5.91 Å². The molecule has 1 unspecified atom stereocenters. The fraction of sp³-hybridized carbons (Fsp3) is 0.143. The molecule has 1 amide bonds. The van der Waals surface area contributed by atoms with Gasteiger partial charge < -0.3 is 9.84 Å². The summed E-state index contributed by atoms with van der Waals surface area (Å²) in [7, 11) is 1.89. The van der Waals surface area contributed by atoms with Crippen LogP contribution in [0.5, 0.6) is 0 Å². The first kappa shape index (κ1) is 17.7. The Bertz CT molecular complexity index is 1100. The van der Waals surface area contributed by atoms with Crippen LogP contribution in [0.1, 0.15) is 29.2 Å². The second-order valence-corrected chi connectivity index (χ2v) is 6.44. The minimum atomic E-state index is -0.408. The Hall–Kier alpha value is -3.74. The first-order valence-corrected chi connectivity index (χ1v) is 8.90. The minimum absolute atomic E-state index is 0.189. The van der Waals surface area contributed by atoms with E-state index in [2.05, 4.69) is 20.6 Å². The van der Waals surface area contributed by atoms with E-state index in [0.717, 1.165) is 16.8 Å². The molecule has 0 aliphatic heterocycles. The van der Waals surface area contributed by atoms with E-state index < -0.39 is 6.04 Å². The maximum Gasteiger partial charge on any atom is 0.251 e. The topological polar surface area (TPSA) is 85.8 Å². The average Bonchev–Trinajstić information content (AvgIpc) is 3.38. The van der Waals surface area contributed by atoms with Crippen molar-refractivity contribution in [3.8, 4) is 22.6 Å². The van der Waals surface area contributed by atoms with E-state index in [9.17, 15) is 4.79 Å². The van der Waals surface area contributed by atoms with Gasteiger partial charge in [0.15, 0.2) is 0 Å². The Balaban J connectivity index is 1.53. The van der Waals surface area contributed by atoms with Crippen LogP contribution in [0.2, 0.25) is 0 Å². The summed E-state index contributed by atoms with van der Waals surface area (Å²) in [6, 6.07) is 18.4. The number of nitrogens with one attached hydrogen (secondary N) is 1. The fourth-order valence-electron chi connectivity index (χ4n) is 2.93. The van der Waals surface area contributed by atoms with Gasteiger partial charge in [-0.05, 0) is 31.2 Å². The first-order valence-electron chi connectivity index (χ1n) is 8.90. The van der Waals surface area contributed by atoms with Crippen molar-refractivity contribution in [1.82, 2.24) is 25.2 Å². The fourth-order valence-corrected chi connectivity index (χ4v) is 2.93. The molecule has 0 fully saturated rings. The number of benzene rings is 2. The number of hydrogen-bond donors (Lipinski definition) is 1. The third kappa shape index (κ3) is 3.55. The lowest BCUT2D eigenvalue weighted by Crippen LogP contribution is -2.26. The Kier molecular flexibility index (Phi) is 4.72. The molecule has 2 heterocycles. The molecular weight excluding hydrogens is 354 g/mol. The number of aromatic nitrogens is 4. The Morgan fingerprint density at radius 2 is 1.86 bits per heavy atom. The monoisotopic (exact) mass is 373 g/mol. The van der Waals surface area contributed by atoms with E-state index in [4.69, 9.17) is 4.52 Å². The maximum atomic E-state index is 12.3. The molecule has 0 bridgehead atoms. The van der Waals surface area contributed by atoms with Crippen molar-refractivity contribution in [2.24, 2.45) is 7.05 Å². The van der Waals surface area contributed by atoms with Gasteiger partial charge in [0.25, 0.3) is 5.91 Å². The van der Waals surface area contributed by atoms with Crippen LogP contribution in [0.25, 0.3) is 22.6 Å². The standard InChI is InChI=1S/C21H19N5O2/c1-14(23-20(27)15-7-4-3-5-8-15)21-24-19(25-28-21)17-10-6-9-16(13-17)18-11-12-22-26(18)2/h3-14H,1-2H3,(H,23,27). The van der Waals surface area contributed by atoms with Gasteiger partial charge in [0.05, 0.1) is 5.69 Å². The van der Waals surface area contributed by atoms with Gasteiger partial charge in [-0.15, -0.1) is 0 Å². The molecule has 4 rings (SSSR count). The van der Waals surface area contributed by atoms with Crippen LogP contribution in [-0.2, 0) is 7.05 Å². The highest BCUT2D eigenvalue weighted by atomic mass is 16.5. The molecule has 0 saturated carbocycles. The summed E-state index contributed by atoms with van der Waals surface area (Å²) in [5, 5.41) is 11.1. The van der Waals surface area contributed by atoms with Gasteiger partial charge in [-0.2, -0.15) is 10.1 Å². The van der Waals surface area contributed by atoms with Crippen molar-refractivity contribution in [3.05, 3.63) is 78.3 Å². The Morgan fingerprint density at radius 3 is 2.61 bits per heavy atom. The molecule has 1 atom stereocenters. The largest absolute Gasteiger partial charge is 0.341 e. The maximum absolute atomic E-state index is 12.3. The summed E-state index contributed by atoms with van der Waals surface area (Å²) in [5.74, 6) is 0.635. The lowest BCUT2D eigenvalue weighted by molar-refractivity contribution is 0.0932. The molecule has 7 heteroatoms. The summed E-state index contributed by atoms with van der Waals surface area (Å²) in [6.45, 7) is 1.81. The molecule has 7 nitrogen and oxygen atoms in total. The van der Waals surface area contributed by atoms with Crippen LogP contribution in [0.15, 0.2) is 71.4 Å². The molecule has 28 heavy (non-hydrogen) atoms. The van der Waals surface area contributed by atoms with E-state index in [1.54, 1.807) is 18.3 Å². The third-order valence-corrected chi connectivity index (χ3v) is 4.43. The van der Waals surface area contributed by atoms with Gasteiger partial charge in [0.1, 0.15) is 6.04 Å². The molecule has 1 N–H and O–H groups in total. The van der Waals surface area contributed by atoms with Gasteiger partial charge in [0.2, 0.25) is 11.7 Å². The van der Waals surface area contributed by atoms with Crippen molar-refractivity contribution in [3.63, 3.8) is 0 Å². The molecule has 140 valence electrons. The normalized spacial score (nSPS) is 11.9. The SMILES string of the molecule is CC(NC(=O)c1ccccc1)c1nc(-c2cccc(-c3ccnn3C)c2)no1. The summed E-state index contributed by atoms with van der Waals surface area (Å²) >= 11 is 0. The van der Waals surface area contributed by atoms with Gasteiger partial charge in [-0.25, -0.2) is 0 Å². The zero-order valence-electron chi connectivity index (χ0n) is 15.5. The van der Waals surface area contributed by atoms with E-state index in [0.29, 0.717) is 17.3 Å². The molecule has 2 aromatic carbocycles. The number of nitrogens with zero attached hydrogens (tertiary/aromatic N) is 4. The van der Waals surface area contributed by atoms with Crippen molar-refractivity contribution < 1.29 is 9.32 Å². The second-order valence-electron chi connectivity index (χ2n) is 6.44.